The van der Waals surface area contributed by atoms with E-state index in [-0.39, 0.29) is 11.4 Å². The van der Waals surface area contributed by atoms with Gasteiger partial charge in [-0.05, 0) is 19.1 Å². The molecule has 1 aromatic carbocycles. The number of ether oxygens (including phenoxy) is 2. The Morgan fingerprint density at radius 2 is 2.00 bits per heavy atom. The van der Waals surface area contributed by atoms with Crippen LogP contribution in [0.2, 0.25) is 0 Å². The fourth-order valence-electron chi connectivity index (χ4n) is 1.61. The van der Waals surface area contributed by atoms with Crippen LogP contribution < -0.4 is 14.2 Å². The van der Waals surface area contributed by atoms with Crippen LogP contribution in [0.25, 0.3) is 0 Å². The highest BCUT2D eigenvalue weighted by Crippen LogP contribution is 2.31. The van der Waals surface area contributed by atoms with Gasteiger partial charge in [-0.3, -0.25) is 0 Å². The van der Waals surface area contributed by atoms with Crippen molar-refractivity contribution in [2.45, 2.75) is 18.2 Å². The number of benzene rings is 1. The molecule has 1 aromatic rings. The summed E-state index contributed by atoms with van der Waals surface area (Å²) in [6, 6.07) is 4.62. The first-order chi connectivity index (χ1) is 8.99. The molecule has 1 aliphatic rings. The minimum atomic E-state index is -3.55. The molecule has 0 aromatic heterocycles. The van der Waals surface area contributed by atoms with Gasteiger partial charge in [-0.2, -0.15) is 0 Å². The van der Waals surface area contributed by atoms with Crippen LogP contribution in [0.4, 0.5) is 0 Å². The quantitative estimate of drug-likeness (QED) is 0.854. The third-order valence-electron chi connectivity index (χ3n) is 2.59. The molecule has 0 unspecified atom stereocenters. The molecule has 0 bridgehead atoms. The smallest absolute Gasteiger partial charge is 0.240 e. The van der Waals surface area contributed by atoms with Crippen molar-refractivity contribution >= 4 is 10.0 Å². The van der Waals surface area contributed by atoms with Crippen LogP contribution in [0.15, 0.2) is 35.2 Å². The lowest BCUT2D eigenvalue weighted by Gasteiger charge is -2.10. The summed E-state index contributed by atoms with van der Waals surface area (Å²) in [7, 11) is -3.55. The Hall–Kier alpha value is -1.53. The van der Waals surface area contributed by atoms with Gasteiger partial charge >= 0.3 is 0 Å². The van der Waals surface area contributed by atoms with Crippen molar-refractivity contribution in [2.24, 2.45) is 0 Å². The van der Waals surface area contributed by atoms with Gasteiger partial charge in [0.1, 0.15) is 0 Å². The van der Waals surface area contributed by atoms with Crippen LogP contribution in [0, 0.1) is 0 Å². The maximum atomic E-state index is 12.1. The summed E-state index contributed by atoms with van der Waals surface area (Å²) in [5.74, 6) is 1.05. The Morgan fingerprint density at radius 3 is 2.68 bits per heavy atom. The lowest BCUT2D eigenvalue weighted by atomic mass is 10.3. The second-order valence-electron chi connectivity index (χ2n) is 4.44. The first-order valence-electron chi connectivity index (χ1n) is 6.03. The van der Waals surface area contributed by atoms with E-state index in [2.05, 4.69) is 11.3 Å². The Balaban J connectivity index is 2.25. The van der Waals surface area contributed by atoms with Crippen LogP contribution in [-0.4, -0.2) is 28.2 Å². The summed E-state index contributed by atoms with van der Waals surface area (Å²) in [4.78, 5) is 0.165. The van der Waals surface area contributed by atoms with Crippen molar-refractivity contribution in [1.82, 2.24) is 4.72 Å². The maximum Gasteiger partial charge on any atom is 0.240 e. The van der Waals surface area contributed by atoms with Crippen molar-refractivity contribution in [3.05, 3.63) is 30.4 Å². The molecular weight excluding hydrogens is 266 g/mol. The first kappa shape index (κ1) is 13.9. The maximum absolute atomic E-state index is 12.1. The van der Waals surface area contributed by atoms with Gasteiger partial charge < -0.3 is 9.47 Å². The van der Waals surface area contributed by atoms with E-state index in [1.54, 1.807) is 13.0 Å². The van der Waals surface area contributed by atoms with E-state index in [1.165, 1.54) is 12.1 Å². The van der Waals surface area contributed by atoms with E-state index in [4.69, 9.17) is 9.47 Å². The highest BCUT2D eigenvalue weighted by Gasteiger charge is 2.18. The number of sulfonamides is 1. The van der Waals surface area contributed by atoms with Gasteiger partial charge in [-0.1, -0.05) is 12.2 Å². The predicted octanol–water partition coefficient (Wildman–Crippen LogP) is 1.70. The molecule has 1 aliphatic heterocycles. The zero-order chi connectivity index (χ0) is 13.9. The van der Waals surface area contributed by atoms with Crippen molar-refractivity contribution in [1.29, 1.82) is 0 Å². The third kappa shape index (κ3) is 3.48. The normalized spacial score (nSPS) is 14.8. The Bertz CT molecular complexity index is 580. The fraction of sp³-hybridized carbons (Fsp3) is 0.385. The molecule has 1 heterocycles. The van der Waals surface area contributed by atoms with Gasteiger partial charge in [-0.25, -0.2) is 13.1 Å². The van der Waals surface area contributed by atoms with Crippen LogP contribution in [-0.2, 0) is 10.0 Å². The SMILES string of the molecule is C=C(C)CNS(=O)(=O)c1ccc2c(c1)OCCCO2. The monoisotopic (exact) mass is 283 g/mol. The van der Waals surface area contributed by atoms with Gasteiger partial charge in [-0.15, -0.1) is 0 Å². The number of fused-ring (bicyclic) bond motifs is 1. The van der Waals surface area contributed by atoms with E-state index >= 15 is 0 Å². The van der Waals surface area contributed by atoms with E-state index in [1.807, 2.05) is 0 Å². The molecular formula is C13H17NO4S. The Labute approximate surface area is 113 Å². The largest absolute Gasteiger partial charge is 0.490 e. The summed E-state index contributed by atoms with van der Waals surface area (Å²) in [5.41, 5.74) is 0.748. The molecule has 104 valence electrons. The minimum Gasteiger partial charge on any atom is -0.490 e. The van der Waals surface area contributed by atoms with E-state index in [9.17, 15) is 8.42 Å². The first-order valence-corrected chi connectivity index (χ1v) is 7.51. The lowest BCUT2D eigenvalue weighted by Crippen LogP contribution is -2.25. The summed E-state index contributed by atoms with van der Waals surface area (Å²) >= 11 is 0. The number of nitrogens with one attached hydrogen (secondary N) is 1. The van der Waals surface area contributed by atoms with Crippen LogP contribution in [0.5, 0.6) is 11.5 Å². The van der Waals surface area contributed by atoms with Crippen molar-refractivity contribution < 1.29 is 17.9 Å². The highest BCUT2D eigenvalue weighted by molar-refractivity contribution is 7.89. The summed E-state index contributed by atoms with van der Waals surface area (Å²) in [6.45, 7) is 6.74. The van der Waals surface area contributed by atoms with Crippen molar-refractivity contribution in [3.63, 3.8) is 0 Å². The average molecular weight is 283 g/mol. The Kier molecular flexibility index (Phi) is 4.11. The minimum absolute atomic E-state index is 0.165. The molecule has 1 N–H and O–H groups in total. The van der Waals surface area contributed by atoms with Crippen LogP contribution in [0.3, 0.4) is 0 Å². The topological polar surface area (TPSA) is 64.6 Å². The molecule has 2 rings (SSSR count). The number of hydrogen-bond donors (Lipinski definition) is 1. The van der Waals surface area contributed by atoms with Gasteiger partial charge in [0.25, 0.3) is 0 Å². The van der Waals surface area contributed by atoms with Gasteiger partial charge in [0, 0.05) is 19.0 Å². The molecule has 6 heteroatoms. The highest BCUT2D eigenvalue weighted by atomic mass is 32.2. The predicted molar refractivity (Wildman–Crippen MR) is 72.1 cm³/mol. The molecule has 0 fully saturated rings. The fourth-order valence-corrected chi connectivity index (χ4v) is 2.72. The number of rotatable bonds is 4. The van der Waals surface area contributed by atoms with E-state index in [0.717, 1.165) is 12.0 Å². The van der Waals surface area contributed by atoms with Crippen molar-refractivity contribution in [2.75, 3.05) is 19.8 Å². The van der Waals surface area contributed by atoms with Crippen molar-refractivity contribution in [3.8, 4) is 11.5 Å². The standard InChI is InChI=1S/C13H17NO4S/c1-10(2)9-14-19(15,16)11-4-5-12-13(8-11)18-7-3-6-17-12/h4-5,8,14H,1,3,6-7,9H2,2H3. The second-order valence-corrected chi connectivity index (χ2v) is 6.21. The molecule has 0 amide bonds. The van der Waals surface area contributed by atoms with Crippen LogP contribution in [0.1, 0.15) is 13.3 Å². The van der Waals surface area contributed by atoms with Crippen LogP contribution >= 0.6 is 0 Å². The molecule has 0 spiro atoms. The second kappa shape index (κ2) is 5.63. The molecule has 0 saturated carbocycles. The average Bonchev–Trinajstić information content (AvgIpc) is 2.60. The summed E-state index contributed by atoms with van der Waals surface area (Å²) in [5, 5.41) is 0. The van der Waals surface area contributed by atoms with E-state index in [0.29, 0.717) is 24.7 Å². The zero-order valence-electron chi connectivity index (χ0n) is 10.8. The molecule has 0 radical (unpaired) electrons. The number of hydrogen-bond acceptors (Lipinski definition) is 4. The molecule has 19 heavy (non-hydrogen) atoms. The molecule has 0 atom stereocenters. The molecule has 5 nitrogen and oxygen atoms in total. The van der Waals surface area contributed by atoms with Gasteiger partial charge in [0.05, 0.1) is 18.1 Å². The Morgan fingerprint density at radius 1 is 1.32 bits per heavy atom. The zero-order valence-corrected chi connectivity index (χ0v) is 11.6. The molecule has 0 saturated heterocycles. The lowest BCUT2D eigenvalue weighted by molar-refractivity contribution is 0.297. The summed E-state index contributed by atoms with van der Waals surface area (Å²) < 4.78 is 37.5. The molecule has 0 aliphatic carbocycles. The van der Waals surface area contributed by atoms with E-state index < -0.39 is 10.0 Å². The van der Waals surface area contributed by atoms with Gasteiger partial charge in [0.2, 0.25) is 10.0 Å². The third-order valence-corrected chi connectivity index (χ3v) is 3.99. The van der Waals surface area contributed by atoms with Gasteiger partial charge in [0.15, 0.2) is 11.5 Å². The summed E-state index contributed by atoms with van der Waals surface area (Å²) in [6.07, 6.45) is 0.782.